The summed E-state index contributed by atoms with van der Waals surface area (Å²) >= 11 is 0. The molecule has 0 aromatic heterocycles. The van der Waals surface area contributed by atoms with Crippen LogP contribution in [0.25, 0.3) is 0 Å². The smallest absolute Gasteiger partial charge is 0.307 e. The third-order valence-corrected chi connectivity index (χ3v) is 6.46. The highest BCUT2D eigenvalue weighted by Gasteiger charge is 2.43. The molecule has 2 aromatic rings. The van der Waals surface area contributed by atoms with E-state index in [0.717, 1.165) is 49.7 Å². The summed E-state index contributed by atoms with van der Waals surface area (Å²) in [5.74, 6) is 2.44. The Morgan fingerprint density at radius 1 is 1.09 bits per heavy atom. The van der Waals surface area contributed by atoms with Gasteiger partial charge in [-0.1, -0.05) is 24.3 Å². The third kappa shape index (κ3) is 6.23. The number of likely N-dealkylation sites (tertiary alicyclic amines) is 1. The fourth-order valence-corrected chi connectivity index (χ4v) is 4.68. The van der Waals surface area contributed by atoms with Gasteiger partial charge in [0.2, 0.25) is 0 Å². The van der Waals surface area contributed by atoms with Gasteiger partial charge in [0, 0.05) is 23.6 Å². The molecule has 0 radical (unpaired) electrons. The van der Waals surface area contributed by atoms with Crippen molar-refractivity contribution in [2.45, 2.75) is 64.1 Å². The monoisotopic (exact) mass is 467 g/mol. The first kappa shape index (κ1) is 24.4. The maximum absolute atomic E-state index is 12.0. The second-order valence-corrected chi connectivity index (χ2v) is 10.5. The van der Waals surface area contributed by atoms with E-state index in [1.165, 1.54) is 5.56 Å². The molecule has 1 fully saturated rings. The Bertz CT molecular complexity index is 961. The Balaban J connectivity index is 1.27. The summed E-state index contributed by atoms with van der Waals surface area (Å²) in [6.45, 7) is 11.5. The number of esters is 1. The molecule has 1 unspecified atom stereocenters. The van der Waals surface area contributed by atoms with Crippen LogP contribution in [0.5, 0.6) is 17.2 Å². The van der Waals surface area contributed by atoms with Crippen molar-refractivity contribution >= 4 is 5.97 Å². The average Bonchev–Trinajstić information content (AvgIpc) is 3.14. The molecule has 1 spiro atoms. The molecule has 184 valence electrons. The summed E-state index contributed by atoms with van der Waals surface area (Å²) in [5, 5.41) is 0. The highest BCUT2D eigenvalue weighted by molar-refractivity contribution is 5.70. The molecule has 0 N–H and O–H groups in total. The fourth-order valence-electron chi connectivity index (χ4n) is 4.68. The molecule has 4 rings (SSSR count). The van der Waals surface area contributed by atoms with Gasteiger partial charge in [-0.15, -0.1) is 0 Å². The van der Waals surface area contributed by atoms with Gasteiger partial charge in [-0.25, -0.2) is 0 Å². The Morgan fingerprint density at radius 3 is 2.53 bits per heavy atom. The van der Waals surface area contributed by atoms with E-state index < -0.39 is 5.60 Å². The van der Waals surface area contributed by atoms with E-state index in [1.807, 2.05) is 70.2 Å². The standard InChI is InChI=1S/C28H37NO5/c1-21(33-22-8-6-5-7-9-22)19-31-23-10-11-24-25(18-23)32-20-28(24)13-16-29(17-14-28)15-12-26(30)34-27(2,3)4/h5-11,18,21H,12-17,19-20H2,1-4H3. The number of piperidine rings is 1. The Hall–Kier alpha value is -2.73. The van der Waals surface area contributed by atoms with Gasteiger partial charge in [0.25, 0.3) is 0 Å². The topological polar surface area (TPSA) is 57.2 Å². The van der Waals surface area contributed by atoms with Crippen LogP contribution < -0.4 is 14.2 Å². The van der Waals surface area contributed by atoms with Gasteiger partial charge < -0.3 is 23.8 Å². The number of hydrogen-bond donors (Lipinski definition) is 0. The van der Waals surface area contributed by atoms with Crippen molar-refractivity contribution in [2.24, 2.45) is 0 Å². The summed E-state index contributed by atoms with van der Waals surface area (Å²) in [4.78, 5) is 14.4. The van der Waals surface area contributed by atoms with Crippen molar-refractivity contribution in [3.05, 3.63) is 54.1 Å². The summed E-state index contributed by atoms with van der Waals surface area (Å²) in [5.41, 5.74) is 0.906. The van der Waals surface area contributed by atoms with E-state index in [1.54, 1.807) is 0 Å². The first-order valence-corrected chi connectivity index (χ1v) is 12.3. The van der Waals surface area contributed by atoms with Crippen LogP contribution in [0, 0.1) is 0 Å². The van der Waals surface area contributed by atoms with Crippen molar-refractivity contribution in [3.8, 4) is 17.2 Å². The lowest BCUT2D eigenvalue weighted by molar-refractivity contribution is -0.155. The van der Waals surface area contributed by atoms with Crippen molar-refractivity contribution in [3.63, 3.8) is 0 Å². The molecule has 2 aliphatic rings. The Labute approximate surface area is 203 Å². The molecule has 0 amide bonds. The lowest BCUT2D eigenvalue weighted by atomic mass is 9.74. The number of fused-ring (bicyclic) bond motifs is 2. The second-order valence-electron chi connectivity index (χ2n) is 10.5. The first-order chi connectivity index (χ1) is 16.2. The predicted molar refractivity (Wildman–Crippen MR) is 132 cm³/mol. The number of carbonyl (C=O) groups is 1. The molecule has 1 saturated heterocycles. The lowest BCUT2D eigenvalue weighted by Gasteiger charge is -2.38. The quantitative estimate of drug-likeness (QED) is 0.510. The number of rotatable bonds is 8. The zero-order valence-corrected chi connectivity index (χ0v) is 20.8. The van der Waals surface area contributed by atoms with Gasteiger partial charge in [0.1, 0.15) is 35.6 Å². The molecular weight excluding hydrogens is 430 g/mol. The third-order valence-electron chi connectivity index (χ3n) is 6.46. The van der Waals surface area contributed by atoms with E-state index >= 15 is 0 Å². The Morgan fingerprint density at radius 2 is 1.82 bits per heavy atom. The van der Waals surface area contributed by atoms with E-state index in [9.17, 15) is 4.79 Å². The highest BCUT2D eigenvalue weighted by Crippen LogP contribution is 2.46. The number of carbonyl (C=O) groups excluding carboxylic acids is 1. The molecule has 6 heteroatoms. The SMILES string of the molecule is CC(COc1ccc2c(c1)OCC21CCN(CCC(=O)OC(C)(C)C)CC1)Oc1ccccc1. The number of benzene rings is 2. The minimum atomic E-state index is -0.427. The van der Waals surface area contributed by atoms with Crippen LogP contribution >= 0.6 is 0 Å². The number of para-hydroxylation sites is 1. The van der Waals surface area contributed by atoms with Crippen LogP contribution in [0.4, 0.5) is 0 Å². The molecule has 6 nitrogen and oxygen atoms in total. The van der Waals surface area contributed by atoms with Crippen LogP contribution in [0.3, 0.4) is 0 Å². The minimum absolute atomic E-state index is 0.0555. The minimum Gasteiger partial charge on any atom is -0.492 e. The van der Waals surface area contributed by atoms with E-state index in [-0.39, 0.29) is 17.5 Å². The van der Waals surface area contributed by atoms with E-state index in [0.29, 0.717) is 19.6 Å². The van der Waals surface area contributed by atoms with Crippen molar-refractivity contribution in [1.29, 1.82) is 0 Å². The van der Waals surface area contributed by atoms with Gasteiger partial charge in [-0.2, -0.15) is 0 Å². The van der Waals surface area contributed by atoms with Crippen LogP contribution in [0.15, 0.2) is 48.5 Å². The zero-order chi connectivity index (χ0) is 24.2. The maximum atomic E-state index is 12.0. The van der Waals surface area contributed by atoms with Crippen LogP contribution in [0.1, 0.15) is 52.5 Å². The van der Waals surface area contributed by atoms with Crippen molar-refractivity contribution in [1.82, 2.24) is 4.90 Å². The van der Waals surface area contributed by atoms with Crippen molar-refractivity contribution in [2.75, 3.05) is 32.8 Å². The zero-order valence-electron chi connectivity index (χ0n) is 20.8. The first-order valence-electron chi connectivity index (χ1n) is 12.3. The molecule has 0 aliphatic carbocycles. The van der Waals surface area contributed by atoms with Crippen LogP contribution in [0.2, 0.25) is 0 Å². The van der Waals surface area contributed by atoms with Gasteiger partial charge in [-0.05, 0) is 71.8 Å². The van der Waals surface area contributed by atoms with Gasteiger partial charge in [-0.3, -0.25) is 4.79 Å². The molecule has 2 aromatic carbocycles. The molecule has 0 bridgehead atoms. The summed E-state index contributed by atoms with van der Waals surface area (Å²) < 4.78 is 23.4. The van der Waals surface area contributed by atoms with E-state index in [2.05, 4.69) is 11.0 Å². The Kier molecular flexibility index (Phi) is 7.36. The van der Waals surface area contributed by atoms with Crippen LogP contribution in [-0.4, -0.2) is 55.4 Å². The van der Waals surface area contributed by atoms with Gasteiger partial charge in [0.05, 0.1) is 13.0 Å². The second kappa shape index (κ2) is 10.3. The molecule has 34 heavy (non-hydrogen) atoms. The summed E-state index contributed by atoms with van der Waals surface area (Å²) in [6.07, 6.45) is 2.42. The van der Waals surface area contributed by atoms with E-state index in [4.69, 9.17) is 18.9 Å². The van der Waals surface area contributed by atoms with Gasteiger partial charge in [0.15, 0.2) is 0 Å². The van der Waals surface area contributed by atoms with Crippen LogP contribution in [-0.2, 0) is 14.9 Å². The lowest BCUT2D eigenvalue weighted by Crippen LogP contribution is -2.44. The molecule has 0 saturated carbocycles. The highest BCUT2D eigenvalue weighted by atomic mass is 16.6. The average molecular weight is 468 g/mol. The van der Waals surface area contributed by atoms with Crippen molar-refractivity contribution < 1.29 is 23.7 Å². The normalized spacial score (nSPS) is 18.1. The molecule has 2 heterocycles. The molecule has 2 aliphatic heterocycles. The predicted octanol–water partition coefficient (Wildman–Crippen LogP) is 4.99. The molecule has 1 atom stereocenters. The molecular formula is C28H37NO5. The number of nitrogens with zero attached hydrogens (tertiary/aromatic N) is 1. The summed E-state index contributed by atoms with van der Waals surface area (Å²) in [6, 6.07) is 16.0. The number of hydrogen-bond acceptors (Lipinski definition) is 6. The maximum Gasteiger partial charge on any atom is 0.307 e. The fraction of sp³-hybridized carbons (Fsp3) is 0.536. The van der Waals surface area contributed by atoms with Gasteiger partial charge >= 0.3 is 5.97 Å². The number of ether oxygens (including phenoxy) is 4. The summed E-state index contributed by atoms with van der Waals surface area (Å²) in [7, 11) is 0. The largest absolute Gasteiger partial charge is 0.492 e.